The van der Waals surface area contributed by atoms with E-state index in [0.717, 1.165) is 6.42 Å². The summed E-state index contributed by atoms with van der Waals surface area (Å²) in [5, 5.41) is 9.20. The summed E-state index contributed by atoms with van der Waals surface area (Å²) in [5.41, 5.74) is -0.436. The minimum Gasteiger partial charge on any atom is -0.469 e. The molecule has 1 aliphatic rings. The molecule has 1 rings (SSSR count). The lowest BCUT2D eigenvalue weighted by molar-refractivity contribution is -0.151. The van der Waals surface area contributed by atoms with Crippen LogP contribution in [0.4, 0.5) is 0 Å². The van der Waals surface area contributed by atoms with Crippen molar-refractivity contribution in [1.29, 1.82) is 0 Å². The lowest BCUT2D eigenvalue weighted by atomic mass is 9.89. The molecule has 3 nitrogen and oxygen atoms in total. The van der Waals surface area contributed by atoms with Gasteiger partial charge in [-0.25, -0.2) is 0 Å². The van der Waals surface area contributed by atoms with Crippen molar-refractivity contribution in [3.8, 4) is 0 Å². The lowest BCUT2D eigenvalue weighted by Gasteiger charge is -2.19. The van der Waals surface area contributed by atoms with E-state index < -0.39 is 5.41 Å². The third kappa shape index (κ3) is 1.53. The van der Waals surface area contributed by atoms with Gasteiger partial charge in [-0.2, -0.15) is 0 Å². The first-order valence-corrected chi connectivity index (χ1v) is 3.85. The Morgan fingerprint density at radius 3 is 2.73 bits per heavy atom. The van der Waals surface area contributed by atoms with Crippen LogP contribution < -0.4 is 0 Å². The molecule has 0 aliphatic heterocycles. The highest BCUT2D eigenvalue weighted by Gasteiger charge is 2.41. The van der Waals surface area contributed by atoms with Gasteiger partial charge in [-0.15, -0.1) is 0 Å². The van der Waals surface area contributed by atoms with E-state index >= 15 is 0 Å². The maximum absolute atomic E-state index is 11.1. The van der Waals surface area contributed by atoms with Crippen LogP contribution >= 0.6 is 0 Å². The number of hydrogen-bond donors (Lipinski definition) is 1. The van der Waals surface area contributed by atoms with Crippen molar-refractivity contribution in [3.05, 3.63) is 0 Å². The molecule has 1 N–H and O–H groups in total. The molecule has 0 amide bonds. The highest BCUT2D eigenvalue weighted by Crippen LogP contribution is 2.38. The number of aliphatic hydroxyl groups excluding tert-OH is 1. The monoisotopic (exact) mass is 158 g/mol. The molecule has 1 aliphatic carbocycles. The zero-order valence-electron chi connectivity index (χ0n) is 6.96. The number of carbonyl (C=O) groups is 1. The van der Waals surface area contributed by atoms with Crippen molar-refractivity contribution in [1.82, 2.24) is 0 Å². The summed E-state index contributed by atoms with van der Waals surface area (Å²) in [6.07, 6.45) is 1.67. The smallest absolute Gasteiger partial charge is 0.311 e. The topological polar surface area (TPSA) is 46.5 Å². The van der Waals surface area contributed by atoms with Gasteiger partial charge < -0.3 is 9.84 Å². The summed E-state index contributed by atoms with van der Waals surface area (Å²) in [7, 11) is 1.39. The fourth-order valence-corrected chi connectivity index (χ4v) is 1.64. The molecule has 0 aromatic carbocycles. The Morgan fingerprint density at radius 2 is 2.36 bits per heavy atom. The van der Waals surface area contributed by atoms with Crippen LogP contribution in [-0.4, -0.2) is 24.3 Å². The molecular formula is C8H14O3. The van der Waals surface area contributed by atoms with Gasteiger partial charge in [-0.1, -0.05) is 0 Å². The molecule has 0 radical (unpaired) electrons. The van der Waals surface area contributed by atoms with E-state index in [4.69, 9.17) is 0 Å². The number of aliphatic hydroxyl groups is 1. The van der Waals surface area contributed by atoms with Crippen LogP contribution in [0, 0.1) is 5.41 Å². The van der Waals surface area contributed by atoms with Gasteiger partial charge in [0.25, 0.3) is 0 Å². The summed E-state index contributed by atoms with van der Waals surface area (Å²) >= 11 is 0. The minimum absolute atomic E-state index is 0.200. The Kier molecular flexibility index (Phi) is 2.18. The average molecular weight is 158 g/mol. The summed E-state index contributed by atoms with van der Waals surface area (Å²) in [6.45, 7) is 1.84. The van der Waals surface area contributed by atoms with Crippen LogP contribution in [0.1, 0.15) is 26.2 Å². The van der Waals surface area contributed by atoms with E-state index in [0.29, 0.717) is 12.8 Å². The molecule has 0 spiro atoms. The van der Waals surface area contributed by atoms with Crippen LogP contribution in [0.5, 0.6) is 0 Å². The molecule has 11 heavy (non-hydrogen) atoms. The molecular weight excluding hydrogens is 144 g/mol. The molecule has 0 aromatic rings. The maximum Gasteiger partial charge on any atom is 0.311 e. The van der Waals surface area contributed by atoms with Crippen LogP contribution in [0.15, 0.2) is 0 Å². The highest BCUT2D eigenvalue weighted by atomic mass is 16.5. The van der Waals surface area contributed by atoms with Gasteiger partial charge in [0.15, 0.2) is 0 Å². The Morgan fingerprint density at radius 1 is 1.73 bits per heavy atom. The van der Waals surface area contributed by atoms with Crippen molar-refractivity contribution in [2.75, 3.05) is 7.11 Å². The third-order valence-corrected chi connectivity index (χ3v) is 2.39. The fraction of sp³-hybridized carbons (Fsp3) is 0.875. The molecule has 1 fully saturated rings. The first-order chi connectivity index (χ1) is 5.08. The second kappa shape index (κ2) is 2.81. The SMILES string of the molecule is COC(=O)[C@@]1(C)CC[C@@H](O)C1. The van der Waals surface area contributed by atoms with Crippen LogP contribution in [-0.2, 0) is 9.53 Å². The van der Waals surface area contributed by atoms with E-state index in [9.17, 15) is 9.90 Å². The number of esters is 1. The second-order valence-corrected chi connectivity index (χ2v) is 3.45. The van der Waals surface area contributed by atoms with Gasteiger partial charge in [-0.05, 0) is 26.2 Å². The average Bonchev–Trinajstić information content (AvgIpc) is 2.31. The first kappa shape index (κ1) is 8.53. The predicted molar refractivity (Wildman–Crippen MR) is 40.0 cm³/mol. The predicted octanol–water partition coefficient (Wildman–Crippen LogP) is 0.710. The molecule has 0 saturated heterocycles. The standard InChI is InChI=1S/C8H14O3/c1-8(7(10)11-2)4-3-6(9)5-8/h6,9H,3-5H2,1-2H3/t6-,8+/m1/s1. The summed E-state index contributed by atoms with van der Waals surface area (Å²) in [4.78, 5) is 11.1. The number of rotatable bonds is 1. The van der Waals surface area contributed by atoms with Crippen LogP contribution in [0.2, 0.25) is 0 Å². The van der Waals surface area contributed by atoms with Crippen molar-refractivity contribution in [2.24, 2.45) is 5.41 Å². The van der Waals surface area contributed by atoms with E-state index in [2.05, 4.69) is 4.74 Å². The third-order valence-electron chi connectivity index (χ3n) is 2.39. The molecule has 0 aromatic heterocycles. The zero-order valence-corrected chi connectivity index (χ0v) is 6.96. The zero-order chi connectivity index (χ0) is 8.48. The highest BCUT2D eigenvalue weighted by molar-refractivity contribution is 5.76. The largest absolute Gasteiger partial charge is 0.469 e. The lowest BCUT2D eigenvalue weighted by Crippen LogP contribution is -2.26. The maximum atomic E-state index is 11.1. The van der Waals surface area contributed by atoms with E-state index in [1.807, 2.05) is 6.92 Å². The van der Waals surface area contributed by atoms with Crippen molar-refractivity contribution in [3.63, 3.8) is 0 Å². The van der Waals surface area contributed by atoms with E-state index in [-0.39, 0.29) is 12.1 Å². The Balaban J connectivity index is 2.61. The Bertz CT molecular complexity index is 167. The summed E-state index contributed by atoms with van der Waals surface area (Å²) < 4.78 is 4.64. The van der Waals surface area contributed by atoms with Gasteiger partial charge >= 0.3 is 5.97 Å². The van der Waals surface area contributed by atoms with Gasteiger partial charge in [-0.3, -0.25) is 4.79 Å². The molecule has 3 heteroatoms. The molecule has 0 bridgehead atoms. The molecule has 0 heterocycles. The van der Waals surface area contributed by atoms with Gasteiger partial charge in [0.2, 0.25) is 0 Å². The van der Waals surface area contributed by atoms with Crippen LogP contribution in [0.3, 0.4) is 0 Å². The molecule has 2 atom stereocenters. The Labute approximate surface area is 66.4 Å². The van der Waals surface area contributed by atoms with Gasteiger partial charge in [0, 0.05) is 0 Å². The minimum atomic E-state index is -0.436. The van der Waals surface area contributed by atoms with Crippen molar-refractivity contribution >= 4 is 5.97 Å². The van der Waals surface area contributed by atoms with Crippen molar-refractivity contribution < 1.29 is 14.6 Å². The van der Waals surface area contributed by atoms with E-state index in [1.165, 1.54) is 7.11 Å². The summed E-state index contributed by atoms with van der Waals surface area (Å²) in [5.74, 6) is -0.200. The quantitative estimate of drug-likeness (QED) is 0.572. The normalized spacial score (nSPS) is 37.2. The molecule has 64 valence electrons. The number of methoxy groups -OCH3 is 1. The van der Waals surface area contributed by atoms with E-state index in [1.54, 1.807) is 0 Å². The molecule has 0 unspecified atom stereocenters. The first-order valence-electron chi connectivity index (χ1n) is 3.85. The number of carbonyl (C=O) groups excluding carboxylic acids is 1. The Hall–Kier alpha value is -0.570. The second-order valence-electron chi connectivity index (χ2n) is 3.45. The van der Waals surface area contributed by atoms with Crippen LogP contribution in [0.25, 0.3) is 0 Å². The number of hydrogen-bond acceptors (Lipinski definition) is 3. The van der Waals surface area contributed by atoms with Crippen molar-refractivity contribution in [2.45, 2.75) is 32.3 Å². The van der Waals surface area contributed by atoms with Gasteiger partial charge in [0.05, 0.1) is 18.6 Å². The fourth-order valence-electron chi connectivity index (χ4n) is 1.64. The number of ether oxygens (including phenoxy) is 1. The summed E-state index contributed by atoms with van der Waals surface area (Å²) in [6, 6.07) is 0. The van der Waals surface area contributed by atoms with Gasteiger partial charge in [0.1, 0.15) is 0 Å². The molecule has 1 saturated carbocycles.